The van der Waals surface area contributed by atoms with Gasteiger partial charge in [-0.2, -0.15) is 5.10 Å². The highest BCUT2D eigenvalue weighted by Crippen LogP contribution is 1.99. The van der Waals surface area contributed by atoms with E-state index in [1.165, 1.54) is 17.1 Å². The van der Waals surface area contributed by atoms with Gasteiger partial charge in [-0.3, -0.25) is 9.48 Å². The minimum Gasteiger partial charge on any atom is -0.396 e. The van der Waals surface area contributed by atoms with Crippen LogP contribution in [0.1, 0.15) is 0 Å². The molecule has 1 atom stereocenters. The summed E-state index contributed by atoms with van der Waals surface area (Å²) in [4.78, 5) is 11.2. The van der Waals surface area contributed by atoms with E-state index in [1.54, 1.807) is 0 Å². The van der Waals surface area contributed by atoms with Crippen LogP contribution in [-0.2, 0) is 11.3 Å². The number of halogens is 2. The first-order valence-corrected chi connectivity index (χ1v) is 4.50. The van der Waals surface area contributed by atoms with Gasteiger partial charge in [0, 0.05) is 12.7 Å². The molecule has 16 heavy (non-hydrogen) atoms. The molecule has 8 heteroatoms. The summed E-state index contributed by atoms with van der Waals surface area (Å²) in [7, 11) is 0. The minimum atomic E-state index is -2.87. The second kappa shape index (κ2) is 5.40. The number of hydrogen-bond donors (Lipinski definition) is 3. The molecule has 0 bridgehead atoms. The number of nitrogens with zero attached hydrogens (tertiary/aromatic N) is 2. The van der Waals surface area contributed by atoms with Gasteiger partial charge in [0.1, 0.15) is 12.6 Å². The maximum atomic E-state index is 11.9. The number of carbonyl (C=O) groups excluding carboxylic acids is 1. The summed E-state index contributed by atoms with van der Waals surface area (Å²) < 4.78 is 25.0. The maximum Gasteiger partial charge on any atom is 0.265 e. The molecule has 0 aromatic carbocycles. The monoisotopic (exact) mass is 234 g/mol. The van der Waals surface area contributed by atoms with Crippen LogP contribution in [-0.4, -0.2) is 39.9 Å². The molecule has 4 N–H and O–H groups in total. The molecule has 1 heterocycles. The predicted octanol–water partition coefficient (Wildman–Crippen LogP) is -0.792. The number of aromatic nitrogens is 2. The van der Waals surface area contributed by atoms with E-state index in [0.717, 1.165) is 0 Å². The Bertz CT molecular complexity index is 356. The minimum absolute atomic E-state index is 0.132. The van der Waals surface area contributed by atoms with Crippen molar-refractivity contribution in [2.24, 2.45) is 0 Å². The number of alkyl halides is 2. The number of rotatable bonds is 5. The number of anilines is 1. The van der Waals surface area contributed by atoms with E-state index >= 15 is 0 Å². The summed E-state index contributed by atoms with van der Waals surface area (Å²) in [5, 5.41) is 14.6. The molecule has 0 spiro atoms. The Morgan fingerprint density at radius 1 is 1.69 bits per heavy atom. The highest BCUT2D eigenvalue weighted by Gasteiger charge is 2.17. The molecule has 0 aliphatic heterocycles. The molecular formula is C8H12F2N4O2. The number of nitrogen functional groups attached to an aromatic ring is 1. The fourth-order valence-corrected chi connectivity index (χ4v) is 0.977. The molecule has 0 aliphatic rings. The Hall–Kier alpha value is -1.70. The van der Waals surface area contributed by atoms with Crippen LogP contribution in [0.3, 0.4) is 0 Å². The topological polar surface area (TPSA) is 93.2 Å². The van der Waals surface area contributed by atoms with Crippen molar-refractivity contribution in [2.75, 3.05) is 12.3 Å². The summed E-state index contributed by atoms with van der Waals surface area (Å²) in [5.74, 6) is -0.525. The number of aliphatic hydroxyl groups excluding tert-OH is 1. The van der Waals surface area contributed by atoms with E-state index in [0.29, 0.717) is 5.69 Å². The van der Waals surface area contributed by atoms with Crippen LogP contribution in [0.5, 0.6) is 0 Å². The quantitative estimate of drug-likeness (QED) is 0.622. The van der Waals surface area contributed by atoms with Gasteiger partial charge in [0.15, 0.2) is 0 Å². The molecule has 90 valence electrons. The number of carbonyl (C=O) groups is 1. The van der Waals surface area contributed by atoms with E-state index < -0.39 is 25.0 Å². The number of nitrogens with one attached hydrogen (secondary N) is 1. The third kappa shape index (κ3) is 3.81. The van der Waals surface area contributed by atoms with Crippen molar-refractivity contribution in [3.63, 3.8) is 0 Å². The van der Waals surface area contributed by atoms with Crippen molar-refractivity contribution in [1.82, 2.24) is 15.1 Å². The Kier molecular flexibility index (Phi) is 4.18. The molecule has 0 fully saturated rings. The van der Waals surface area contributed by atoms with Crippen LogP contribution in [0, 0.1) is 0 Å². The first-order chi connectivity index (χ1) is 7.49. The SMILES string of the molecule is Nc1cnn(CC(=O)NCC(O)C(F)F)c1. The van der Waals surface area contributed by atoms with Crippen molar-refractivity contribution in [3.8, 4) is 0 Å². The molecule has 1 amide bonds. The molecule has 0 aliphatic carbocycles. The average Bonchev–Trinajstić information content (AvgIpc) is 2.60. The fourth-order valence-electron chi connectivity index (χ4n) is 0.977. The van der Waals surface area contributed by atoms with E-state index in [-0.39, 0.29) is 6.54 Å². The normalized spacial score (nSPS) is 12.8. The van der Waals surface area contributed by atoms with Gasteiger partial charge in [-0.05, 0) is 0 Å². The molecule has 0 saturated heterocycles. The number of amides is 1. The zero-order valence-corrected chi connectivity index (χ0v) is 8.31. The van der Waals surface area contributed by atoms with Crippen LogP contribution >= 0.6 is 0 Å². The van der Waals surface area contributed by atoms with Gasteiger partial charge in [-0.25, -0.2) is 8.78 Å². The summed E-state index contributed by atoms with van der Waals surface area (Å²) in [5.41, 5.74) is 5.77. The predicted molar refractivity (Wildman–Crippen MR) is 51.7 cm³/mol. The van der Waals surface area contributed by atoms with Gasteiger partial charge in [0.05, 0.1) is 11.9 Å². The molecule has 1 aromatic heterocycles. The highest BCUT2D eigenvalue weighted by atomic mass is 19.3. The molecule has 1 unspecified atom stereocenters. The number of nitrogens with two attached hydrogens (primary N) is 1. The Morgan fingerprint density at radius 2 is 2.38 bits per heavy atom. The zero-order chi connectivity index (χ0) is 12.1. The summed E-state index contributed by atoms with van der Waals surface area (Å²) in [6, 6.07) is 0. The lowest BCUT2D eigenvalue weighted by atomic mass is 10.3. The molecular weight excluding hydrogens is 222 g/mol. The standard InChI is InChI=1S/C8H12F2N4O2/c9-8(10)6(15)2-12-7(16)4-14-3-5(11)1-13-14/h1,3,6,8,15H,2,4,11H2,(H,12,16). The Morgan fingerprint density at radius 3 is 2.88 bits per heavy atom. The maximum absolute atomic E-state index is 11.9. The van der Waals surface area contributed by atoms with Gasteiger partial charge in [0.2, 0.25) is 5.91 Å². The lowest BCUT2D eigenvalue weighted by Crippen LogP contribution is -2.37. The third-order valence-corrected chi connectivity index (χ3v) is 1.76. The average molecular weight is 234 g/mol. The van der Waals surface area contributed by atoms with E-state index in [1.807, 2.05) is 0 Å². The summed E-state index contributed by atoms with van der Waals surface area (Å²) in [6.07, 6.45) is -1.93. The third-order valence-electron chi connectivity index (χ3n) is 1.76. The van der Waals surface area contributed by atoms with E-state index in [9.17, 15) is 13.6 Å². The van der Waals surface area contributed by atoms with Gasteiger partial charge in [-0.15, -0.1) is 0 Å². The lowest BCUT2D eigenvalue weighted by Gasteiger charge is -2.10. The van der Waals surface area contributed by atoms with Crippen molar-refractivity contribution in [2.45, 2.75) is 19.1 Å². The second-order valence-corrected chi connectivity index (χ2v) is 3.18. The molecule has 1 rings (SSSR count). The number of hydrogen-bond acceptors (Lipinski definition) is 4. The molecule has 0 radical (unpaired) electrons. The smallest absolute Gasteiger partial charge is 0.265 e. The number of aliphatic hydroxyl groups is 1. The lowest BCUT2D eigenvalue weighted by molar-refractivity contribution is -0.122. The molecule has 6 nitrogen and oxygen atoms in total. The van der Waals surface area contributed by atoms with Crippen LogP contribution in [0.25, 0.3) is 0 Å². The van der Waals surface area contributed by atoms with Gasteiger partial charge in [-0.1, -0.05) is 0 Å². The van der Waals surface area contributed by atoms with Gasteiger partial charge < -0.3 is 16.2 Å². The summed E-state index contributed by atoms with van der Waals surface area (Å²) >= 11 is 0. The van der Waals surface area contributed by atoms with Gasteiger partial charge >= 0.3 is 0 Å². The van der Waals surface area contributed by atoms with Crippen molar-refractivity contribution < 1.29 is 18.7 Å². The summed E-state index contributed by atoms with van der Waals surface area (Å²) in [6.45, 7) is -0.625. The van der Waals surface area contributed by atoms with Crippen molar-refractivity contribution >= 4 is 11.6 Å². The van der Waals surface area contributed by atoms with Crippen molar-refractivity contribution in [3.05, 3.63) is 12.4 Å². The van der Waals surface area contributed by atoms with E-state index in [4.69, 9.17) is 10.8 Å². The fraction of sp³-hybridized carbons (Fsp3) is 0.500. The largest absolute Gasteiger partial charge is 0.396 e. The van der Waals surface area contributed by atoms with Crippen LogP contribution < -0.4 is 11.1 Å². The van der Waals surface area contributed by atoms with Gasteiger partial charge in [0.25, 0.3) is 6.43 Å². The second-order valence-electron chi connectivity index (χ2n) is 3.18. The van der Waals surface area contributed by atoms with Crippen LogP contribution in [0.15, 0.2) is 12.4 Å². The first-order valence-electron chi connectivity index (χ1n) is 4.50. The molecule has 0 saturated carbocycles. The Labute approximate surface area is 90.0 Å². The highest BCUT2D eigenvalue weighted by molar-refractivity contribution is 5.75. The first kappa shape index (κ1) is 12.4. The zero-order valence-electron chi connectivity index (χ0n) is 8.31. The van der Waals surface area contributed by atoms with E-state index in [2.05, 4.69) is 10.4 Å². The van der Waals surface area contributed by atoms with Crippen molar-refractivity contribution in [1.29, 1.82) is 0 Å². The Balaban J connectivity index is 2.31. The molecule has 1 aromatic rings. The van der Waals surface area contributed by atoms with Crippen LogP contribution in [0.4, 0.5) is 14.5 Å². The van der Waals surface area contributed by atoms with Crippen LogP contribution in [0.2, 0.25) is 0 Å².